The molecule has 0 aromatic heterocycles. The van der Waals surface area contributed by atoms with Crippen molar-refractivity contribution >= 4 is 17.6 Å². The summed E-state index contributed by atoms with van der Waals surface area (Å²) in [7, 11) is 0. The number of ether oxygens (including phenoxy) is 1. The molecule has 1 aliphatic carbocycles. The Morgan fingerprint density at radius 1 is 0.794 bits per heavy atom. The molecule has 0 heterocycles. The Bertz CT molecular complexity index is 1130. The third kappa shape index (κ3) is 5.30. The molecule has 3 aromatic carbocycles. The maximum absolute atomic E-state index is 12.5. The van der Waals surface area contributed by atoms with E-state index in [2.05, 4.69) is 17.4 Å². The van der Waals surface area contributed by atoms with Crippen molar-refractivity contribution in [1.82, 2.24) is 0 Å². The van der Waals surface area contributed by atoms with Gasteiger partial charge in [0.05, 0.1) is 5.56 Å². The molecular weight excluding hydrogens is 426 g/mol. The summed E-state index contributed by atoms with van der Waals surface area (Å²) in [6, 6.07) is 22.2. The second-order valence-electron chi connectivity index (χ2n) is 9.04. The van der Waals surface area contributed by atoms with Gasteiger partial charge in [0, 0.05) is 11.1 Å². The zero-order valence-electron chi connectivity index (χ0n) is 19.5. The molecule has 0 atom stereocenters. The minimum absolute atomic E-state index is 0.117. The molecule has 1 aliphatic rings. The summed E-state index contributed by atoms with van der Waals surface area (Å²) < 4.78 is 5.39. The predicted molar refractivity (Wildman–Crippen MR) is 134 cm³/mol. The van der Waals surface area contributed by atoms with Crippen molar-refractivity contribution in [3.05, 3.63) is 89.5 Å². The summed E-state index contributed by atoms with van der Waals surface area (Å²) in [6.45, 7) is 1.44. The van der Waals surface area contributed by atoms with Crippen LogP contribution in [0.25, 0.3) is 0 Å². The molecule has 0 spiro atoms. The fourth-order valence-electron chi connectivity index (χ4n) is 5.00. The number of anilines is 1. The molecule has 1 saturated carbocycles. The number of hydrogen-bond acceptors (Lipinski definition) is 4. The van der Waals surface area contributed by atoms with E-state index in [1.54, 1.807) is 36.4 Å². The summed E-state index contributed by atoms with van der Waals surface area (Å²) in [5, 5.41) is 12.6. The van der Waals surface area contributed by atoms with Crippen molar-refractivity contribution in [2.75, 3.05) is 5.32 Å². The Kier molecular flexibility index (Phi) is 7.31. The van der Waals surface area contributed by atoms with Crippen LogP contribution in [0.1, 0.15) is 73.4 Å². The van der Waals surface area contributed by atoms with Crippen LogP contribution < -0.4 is 10.1 Å². The Morgan fingerprint density at radius 2 is 1.35 bits per heavy atom. The molecule has 0 bridgehead atoms. The molecule has 4 rings (SSSR count). The highest BCUT2D eigenvalue weighted by molar-refractivity contribution is 5.98. The van der Waals surface area contributed by atoms with Crippen molar-refractivity contribution in [2.24, 2.45) is 0 Å². The first-order chi connectivity index (χ1) is 16.5. The molecule has 1 amide bonds. The molecule has 0 unspecified atom stereocenters. The minimum atomic E-state index is -0.638. The van der Waals surface area contributed by atoms with E-state index in [0.717, 1.165) is 25.7 Å². The van der Waals surface area contributed by atoms with Gasteiger partial charge in [-0.3, -0.25) is 10.1 Å². The Balaban J connectivity index is 1.55. The molecular formula is C29H31NO4. The Morgan fingerprint density at radius 3 is 1.97 bits per heavy atom. The van der Waals surface area contributed by atoms with Crippen molar-refractivity contribution in [3.63, 3.8) is 0 Å². The topological polar surface area (TPSA) is 75.6 Å². The summed E-state index contributed by atoms with van der Waals surface area (Å²) in [4.78, 5) is 24.3. The first-order valence-electron chi connectivity index (χ1n) is 12.0. The molecule has 3 aromatic rings. The SMILES string of the molecule is CC(=O)c1ccccc1OC(=O)Nc1ccc(C2(c3ccc(O)cc3)CCCCCCC2)cc1. The zero-order chi connectivity index (χ0) is 24.0. The van der Waals surface area contributed by atoms with Gasteiger partial charge in [-0.2, -0.15) is 0 Å². The maximum atomic E-state index is 12.5. The minimum Gasteiger partial charge on any atom is -0.508 e. The third-order valence-electron chi connectivity index (χ3n) is 6.78. The highest BCUT2D eigenvalue weighted by Crippen LogP contribution is 2.44. The summed E-state index contributed by atoms with van der Waals surface area (Å²) >= 11 is 0. The Labute approximate surface area is 200 Å². The number of aromatic hydroxyl groups is 1. The van der Waals surface area contributed by atoms with Crippen molar-refractivity contribution in [2.45, 2.75) is 57.3 Å². The number of amides is 1. The highest BCUT2D eigenvalue weighted by atomic mass is 16.6. The van der Waals surface area contributed by atoms with Crippen molar-refractivity contribution < 1.29 is 19.4 Å². The maximum Gasteiger partial charge on any atom is 0.417 e. The number of nitrogens with one attached hydrogen (secondary N) is 1. The number of ketones is 1. The summed E-state index contributed by atoms with van der Waals surface area (Å²) in [5.41, 5.74) is 3.30. The molecule has 1 fully saturated rings. The lowest BCUT2D eigenvalue weighted by molar-refractivity contribution is 0.101. The fraction of sp³-hybridized carbons (Fsp3) is 0.310. The van der Waals surface area contributed by atoms with Gasteiger partial charge in [0.1, 0.15) is 11.5 Å². The normalized spacial score (nSPS) is 15.6. The van der Waals surface area contributed by atoms with E-state index in [9.17, 15) is 14.7 Å². The van der Waals surface area contributed by atoms with Crippen LogP contribution in [0.5, 0.6) is 11.5 Å². The molecule has 2 N–H and O–H groups in total. The second kappa shape index (κ2) is 10.6. The molecule has 0 aliphatic heterocycles. The molecule has 34 heavy (non-hydrogen) atoms. The number of phenolic OH excluding ortho intramolecular Hbond substituents is 1. The number of carbonyl (C=O) groups is 2. The van der Waals surface area contributed by atoms with Crippen LogP contribution >= 0.6 is 0 Å². The van der Waals surface area contributed by atoms with Gasteiger partial charge in [-0.1, -0.05) is 68.5 Å². The summed E-state index contributed by atoms with van der Waals surface area (Å²) in [5.74, 6) is 0.352. The van der Waals surface area contributed by atoms with E-state index >= 15 is 0 Å². The zero-order valence-corrected chi connectivity index (χ0v) is 19.5. The van der Waals surface area contributed by atoms with E-state index in [4.69, 9.17) is 4.74 Å². The van der Waals surface area contributed by atoms with E-state index in [1.807, 2.05) is 24.3 Å². The molecule has 0 radical (unpaired) electrons. The van der Waals surface area contributed by atoms with Gasteiger partial charge in [0.2, 0.25) is 0 Å². The van der Waals surface area contributed by atoms with E-state index in [0.29, 0.717) is 11.3 Å². The molecule has 0 saturated heterocycles. The number of carbonyl (C=O) groups excluding carboxylic acids is 2. The van der Waals surface area contributed by atoms with E-state index < -0.39 is 6.09 Å². The van der Waals surface area contributed by atoms with Crippen LogP contribution in [0.15, 0.2) is 72.8 Å². The number of rotatable bonds is 5. The number of phenols is 1. The number of para-hydroxylation sites is 1. The van der Waals surface area contributed by atoms with Gasteiger partial charge in [0.25, 0.3) is 0 Å². The van der Waals surface area contributed by atoms with Gasteiger partial charge < -0.3 is 9.84 Å². The van der Waals surface area contributed by atoms with Crippen LogP contribution in [0, 0.1) is 0 Å². The fourth-order valence-corrected chi connectivity index (χ4v) is 5.00. The van der Waals surface area contributed by atoms with Gasteiger partial charge in [-0.15, -0.1) is 0 Å². The van der Waals surface area contributed by atoms with Crippen LogP contribution in [0.4, 0.5) is 10.5 Å². The van der Waals surface area contributed by atoms with Gasteiger partial charge in [-0.25, -0.2) is 4.79 Å². The summed E-state index contributed by atoms with van der Waals surface area (Å²) in [6.07, 6.45) is 7.51. The highest BCUT2D eigenvalue weighted by Gasteiger charge is 2.34. The van der Waals surface area contributed by atoms with Crippen LogP contribution in [0.3, 0.4) is 0 Å². The smallest absolute Gasteiger partial charge is 0.417 e. The van der Waals surface area contributed by atoms with Crippen LogP contribution in [0.2, 0.25) is 0 Å². The van der Waals surface area contributed by atoms with Crippen LogP contribution in [-0.4, -0.2) is 17.0 Å². The third-order valence-corrected chi connectivity index (χ3v) is 6.78. The molecule has 5 heteroatoms. The largest absolute Gasteiger partial charge is 0.508 e. The standard InChI is InChI=1S/C29H31NO4/c1-21(31)26-9-5-6-10-27(26)34-28(33)30-24-15-11-22(12-16-24)29(19-7-3-2-4-8-20-29)23-13-17-25(32)18-14-23/h5-6,9-18,32H,2-4,7-8,19-20H2,1H3,(H,30,33). The lowest BCUT2D eigenvalue weighted by Gasteiger charge is -2.37. The average Bonchev–Trinajstić information content (AvgIpc) is 2.81. The second-order valence-corrected chi connectivity index (χ2v) is 9.04. The number of benzene rings is 3. The van der Waals surface area contributed by atoms with Crippen molar-refractivity contribution in [1.29, 1.82) is 0 Å². The molecule has 176 valence electrons. The lowest BCUT2D eigenvalue weighted by atomic mass is 9.67. The molecule has 5 nitrogen and oxygen atoms in total. The van der Waals surface area contributed by atoms with Gasteiger partial charge >= 0.3 is 6.09 Å². The Hall–Kier alpha value is -3.60. The predicted octanol–water partition coefficient (Wildman–Crippen LogP) is 7.24. The first-order valence-corrected chi connectivity index (χ1v) is 12.0. The number of Topliss-reactive ketones (excluding diaryl/α,β-unsaturated/α-hetero) is 1. The average molecular weight is 458 g/mol. The van der Waals surface area contributed by atoms with E-state index in [1.165, 1.54) is 37.3 Å². The lowest BCUT2D eigenvalue weighted by Crippen LogP contribution is -2.29. The van der Waals surface area contributed by atoms with Crippen molar-refractivity contribution in [3.8, 4) is 11.5 Å². The number of hydrogen-bond donors (Lipinski definition) is 2. The monoisotopic (exact) mass is 457 g/mol. The van der Waals surface area contributed by atoms with Gasteiger partial charge in [-0.05, 0) is 67.3 Å². The quantitative estimate of drug-likeness (QED) is 0.396. The van der Waals surface area contributed by atoms with Gasteiger partial charge in [0.15, 0.2) is 5.78 Å². The van der Waals surface area contributed by atoms with Crippen LogP contribution in [-0.2, 0) is 5.41 Å². The van der Waals surface area contributed by atoms with E-state index in [-0.39, 0.29) is 22.7 Å². The first kappa shape index (κ1) is 23.6.